The number of ether oxygens (including phenoxy) is 2. The molecule has 184 valence electrons. The van der Waals surface area contributed by atoms with Crippen molar-refractivity contribution in [1.82, 2.24) is 14.2 Å². The van der Waals surface area contributed by atoms with Crippen molar-refractivity contribution < 1.29 is 18.5 Å². The summed E-state index contributed by atoms with van der Waals surface area (Å²) in [6, 6.07) is 2.43. The van der Waals surface area contributed by atoms with E-state index in [9.17, 15) is 9.59 Å². The fourth-order valence-electron chi connectivity index (χ4n) is 3.64. The molecule has 0 saturated carbocycles. The summed E-state index contributed by atoms with van der Waals surface area (Å²) in [5, 5.41) is 8.88. The first kappa shape index (κ1) is 27.4. The number of nitrogens with zero attached hydrogens (tertiary/aromatic N) is 3. The van der Waals surface area contributed by atoms with E-state index in [1.807, 2.05) is 0 Å². The summed E-state index contributed by atoms with van der Waals surface area (Å²) in [6.45, 7) is 14.4. The number of hydrogen-bond donors (Lipinski definition) is 1. The molecule has 2 unspecified atom stereocenters. The Balaban J connectivity index is 2.19. The van der Waals surface area contributed by atoms with Gasteiger partial charge in [0.2, 0.25) is 0 Å². The summed E-state index contributed by atoms with van der Waals surface area (Å²) in [6.07, 6.45) is 2.44. The zero-order chi connectivity index (χ0) is 24.5. The third-order valence-corrected chi connectivity index (χ3v) is 7.15. The number of H-pyrrole nitrogens is 1. The summed E-state index contributed by atoms with van der Waals surface area (Å²) < 4.78 is 27.7. The molecule has 33 heavy (non-hydrogen) atoms. The van der Waals surface area contributed by atoms with E-state index in [0.717, 1.165) is 0 Å². The maximum absolute atomic E-state index is 12.3. The van der Waals surface area contributed by atoms with Gasteiger partial charge in [0.1, 0.15) is 12.3 Å². The van der Waals surface area contributed by atoms with Crippen molar-refractivity contribution in [3.05, 3.63) is 45.3 Å². The molecule has 1 N–H and O–H groups in total. The Morgan fingerprint density at radius 2 is 2.06 bits per heavy atom. The average molecular weight is 483 g/mol. The second-order valence-corrected chi connectivity index (χ2v) is 9.80. The van der Waals surface area contributed by atoms with Gasteiger partial charge in [-0.2, -0.15) is 5.26 Å². The topological polar surface area (TPSA) is 119 Å². The van der Waals surface area contributed by atoms with E-state index in [0.29, 0.717) is 18.6 Å². The summed E-state index contributed by atoms with van der Waals surface area (Å²) in [5.41, 5.74) is -0.538. The molecule has 1 aliphatic heterocycles. The van der Waals surface area contributed by atoms with Gasteiger partial charge in [0.05, 0.1) is 38.4 Å². The largest absolute Gasteiger partial charge is 0.371 e. The second-order valence-electron chi connectivity index (χ2n) is 8.35. The highest BCUT2D eigenvalue weighted by molar-refractivity contribution is 7.44. The molecule has 1 saturated heterocycles. The van der Waals surface area contributed by atoms with E-state index in [-0.39, 0.29) is 37.8 Å². The van der Waals surface area contributed by atoms with Crippen LogP contribution in [0.25, 0.3) is 0 Å². The molecule has 0 radical (unpaired) electrons. The van der Waals surface area contributed by atoms with Crippen LogP contribution in [0, 0.1) is 18.3 Å². The van der Waals surface area contributed by atoms with E-state index >= 15 is 0 Å². The molecule has 0 bridgehead atoms. The zero-order valence-corrected chi connectivity index (χ0v) is 20.9. The lowest BCUT2D eigenvalue weighted by molar-refractivity contribution is -0.0556. The Morgan fingerprint density at radius 1 is 1.36 bits per heavy atom. The van der Waals surface area contributed by atoms with Gasteiger partial charge in [-0.1, -0.05) is 6.08 Å². The van der Waals surface area contributed by atoms with Gasteiger partial charge >= 0.3 is 5.69 Å². The smallest absolute Gasteiger partial charge is 0.330 e. The highest BCUT2D eigenvalue weighted by Gasteiger charge is 2.39. The number of aryl methyl sites for hydroxylation is 1. The number of rotatable bonds is 13. The quantitative estimate of drug-likeness (QED) is 0.259. The molecule has 0 aliphatic carbocycles. The van der Waals surface area contributed by atoms with Gasteiger partial charge in [-0.25, -0.2) is 9.46 Å². The molecule has 1 aromatic rings. The second kappa shape index (κ2) is 13.1. The van der Waals surface area contributed by atoms with Gasteiger partial charge in [0.15, 0.2) is 0 Å². The van der Waals surface area contributed by atoms with Crippen LogP contribution in [0.3, 0.4) is 0 Å². The van der Waals surface area contributed by atoms with Gasteiger partial charge in [0.25, 0.3) is 14.1 Å². The molecule has 2 heterocycles. The van der Waals surface area contributed by atoms with Crippen LogP contribution in [-0.4, -0.2) is 58.3 Å². The number of nitriles is 1. The summed E-state index contributed by atoms with van der Waals surface area (Å²) in [7, 11) is -1.44. The van der Waals surface area contributed by atoms with Crippen molar-refractivity contribution >= 4 is 8.53 Å². The van der Waals surface area contributed by atoms with Gasteiger partial charge in [0, 0.05) is 30.3 Å². The van der Waals surface area contributed by atoms with Crippen LogP contribution in [0.4, 0.5) is 0 Å². The van der Waals surface area contributed by atoms with Crippen molar-refractivity contribution in [3.63, 3.8) is 0 Å². The van der Waals surface area contributed by atoms with Crippen molar-refractivity contribution in [2.24, 2.45) is 0 Å². The molecule has 10 nitrogen and oxygen atoms in total. The van der Waals surface area contributed by atoms with Crippen LogP contribution >= 0.6 is 8.53 Å². The summed E-state index contributed by atoms with van der Waals surface area (Å²) >= 11 is 0. The molecule has 1 fully saturated rings. The molecule has 4 atom stereocenters. The Bertz CT molecular complexity index is 917. The minimum absolute atomic E-state index is 0.172. The average Bonchev–Trinajstić information content (AvgIpc) is 3.15. The van der Waals surface area contributed by atoms with Crippen LogP contribution in [0.2, 0.25) is 0 Å². The standard InChI is InChI=1S/C22H35N4O6P/c1-7-10-29-18-12-20(25-13-17(6)21(27)24-22(25)28)32-19(18)14-31-33(30-11-8-9-23)26(15(2)3)16(4)5/h7,13,15-16,18-20H,1,8,10-12,14H2,2-6H3,(H,24,27,28)/t18?,19-,20-,33?/m1/s1. The predicted octanol–water partition coefficient (Wildman–Crippen LogP) is 3.00. The Hall–Kier alpha value is -1.86. The lowest BCUT2D eigenvalue weighted by Gasteiger charge is -2.36. The molecule has 0 amide bonds. The summed E-state index contributed by atoms with van der Waals surface area (Å²) in [5.74, 6) is 0. The van der Waals surface area contributed by atoms with Gasteiger partial charge in [-0.05, 0) is 34.6 Å². The molecule has 2 rings (SSSR count). The fourth-order valence-corrected chi connectivity index (χ4v) is 5.26. The van der Waals surface area contributed by atoms with Crippen molar-refractivity contribution in [1.29, 1.82) is 5.26 Å². The van der Waals surface area contributed by atoms with E-state index in [1.54, 1.807) is 13.0 Å². The maximum atomic E-state index is 12.3. The van der Waals surface area contributed by atoms with Crippen LogP contribution < -0.4 is 11.2 Å². The first-order chi connectivity index (χ1) is 15.7. The van der Waals surface area contributed by atoms with Crippen LogP contribution in [0.1, 0.15) is 52.3 Å². The fraction of sp³-hybridized carbons (Fsp3) is 0.682. The maximum Gasteiger partial charge on any atom is 0.330 e. The molecule has 0 aromatic carbocycles. The molecule has 1 aliphatic rings. The molecule has 11 heteroatoms. The number of aromatic amines is 1. The van der Waals surface area contributed by atoms with E-state index in [4.69, 9.17) is 23.8 Å². The number of hydrogen-bond acceptors (Lipinski definition) is 8. The normalized spacial score (nSPS) is 21.6. The lowest BCUT2D eigenvalue weighted by atomic mass is 10.2. The van der Waals surface area contributed by atoms with E-state index in [1.165, 1.54) is 10.8 Å². The monoisotopic (exact) mass is 482 g/mol. The van der Waals surface area contributed by atoms with Crippen LogP contribution in [0.5, 0.6) is 0 Å². The van der Waals surface area contributed by atoms with Crippen molar-refractivity contribution in [3.8, 4) is 6.07 Å². The predicted molar refractivity (Wildman–Crippen MR) is 126 cm³/mol. The van der Waals surface area contributed by atoms with Gasteiger partial charge < -0.3 is 18.5 Å². The lowest BCUT2D eigenvalue weighted by Crippen LogP contribution is -2.35. The third kappa shape index (κ3) is 7.57. The Morgan fingerprint density at radius 3 is 2.67 bits per heavy atom. The summed E-state index contributed by atoms with van der Waals surface area (Å²) in [4.78, 5) is 26.4. The first-order valence-corrected chi connectivity index (χ1v) is 12.2. The highest BCUT2D eigenvalue weighted by atomic mass is 31.2. The van der Waals surface area contributed by atoms with Crippen LogP contribution in [0.15, 0.2) is 28.4 Å². The molecular weight excluding hydrogens is 447 g/mol. The van der Waals surface area contributed by atoms with E-state index < -0.39 is 32.1 Å². The minimum Gasteiger partial charge on any atom is -0.371 e. The Labute approximate surface area is 196 Å². The highest BCUT2D eigenvalue weighted by Crippen LogP contribution is 2.47. The Kier molecular flexibility index (Phi) is 10.9. The minimum atomic E-state index is -1.44. The van der Waals surface area contributed by atoms with E-state index in [2.05, 4.69) is 50.0 Å². The molecule has 1 aromatic heterocycles. The molecule has 0 spiro atoms. The van der Waals surface area contributed by atoms with Crippen LogP contribution in [-0.2, 0) is 18.5 Å². The molecular formula is C22H35N4O6P. The number of nitrogens with one attached hydrogen (secondary N) is 1. The SMILES string of the molecule is C=CCOC1C[C@H](n2cc(C)c(=O)[nH]c2=O)O[C@@H]1COP(OCCC#N)N(C(C)C)C(C)C. The zero-order valence-electron chi connectivity index (χ0n) is 20.0. The van der Waals surface area contributed by atoms with Gasteiger partial charge in [-0.15, -0.1) is 6.58 Å². The van der Waals surface area contributed by atoms with Crippen molar-refractivity contribution in [2.75, 3.05) is 19.8 Å². The number of aromatic nitrogens is 2. The third-order valence-electron chi connectivity index (χ3n) is 5.08. The van der Waals surface area contributed by atoms with Crippen molar-refractivity contribution in [2.45, 2.75) is 78.0 Å². The first-order valence-electron chi connectivity index (χ1n) is 11.1. The van der Waals surface area contributed by atoms with Gasteiger partial charge in [-0.3, -0.25) is 14.3 Å².